The number of carbonyl (C=O) groups excluding carboxylic acids is 1. The van der Waals surface area contributed by atoms with Crippen LogP contribution in [0.25, 0.3) is 16.6 Å². The smallest absolute Gasteiger partial charge is 0.213 e. The van der Waals surface area contributed by atoms with Crippen LogP contribution in [0.3, 0.4) is 0 Å². The fourth-order valence-electron chi connectivity index (χ4n) is 2.80. The molecule has 0 amide bonds. The Balaban J connectivity index is 2.01. The molecule has 2 aromatic rings. The maximum atomic E-state index is 10.4. The molecule has 0 bridgehead atoms. The molecule has 1 aliphatic rings. The third-order valence-electron chi connectivity index (χ3n) is 3.89. The van der Waals surface area contributed by atoms with Gasteiger partial charge in [-0.2, -0.15) is 0 Å². The van der Waals surface area contributed by atoms with Gasteiger partial charge < -0.3 is 15.2 Å². The maximum absolute atomic E-state index is 10.4. The van der Waals surface area contributed by atoms with Crippen LogP contribution in [-0.2, 0) is 11.3 Å². The van der Waals surface area contributed by atoms with Crippen molar-refractivity contribution in [3.8, 4) is 0 Å². The van der Waals surface area contributed by atoms with E-state index in [9.17, 15) is 4.79 Å². The van der Waals surface area contributed by atoms with Crippen LogP contribution in [0.4, 0.5) is 0 Å². The lowest BCUT2D eigenvalue weighted by molar-refractivity contribution is 0.493. The molecule has 1 aromatic heterocycles. The molecular formula is C19H20N3O. The van der Waals surface area contributed by atoms with Crippen LogP contribution >= 0.6 is 0 Å². The molecule has 0 saturated carbocycles. The predicted octanol–water partition coefficient (Wildman–Crippen LogP) is 2.74. The zero-order valence-electron chi connectivity index (χ0n) is 13.1. The lowest BCUT2D eigenvalue weighted by Gasteiger charge is -2.18. The van der Waals surface area contributed by atoms with Gasteiger partial charge in [0.05, 0.1) is 17.9 Å². The van der Waals surface area contributed by atoms with Gasteiger partial charge >= 0.3 is 0 Å². The molecule has 2 N–H and O–H groups in total. The van der Waals surface area contributed by atoms with Crippen LogP contribution in [0.15, 0.2) is 60.8 Å². The summed E-state index contributed by atoms with van der Waals surface area (Å²) >= 11 is 0. The molecule has 1 atom stereocenters. The van der Waals surface area contributed by atoms with Crippen molar-refractivity contribution in [1.29, 1.82) is 0 Å². The summed E-state index contributed by atoms with van der Waals surface area (Å²) in [6.07, 6.45) is 11.9. The van der Waals surface area contributed by atoms with Gasteiger partial charge in [-0.25, -0.2) is 0 Å². The number of hydrogen-bond acceptors (Lipinski definition) is 3. The normalized spacial score (nSPS) is 15.1. The molecule has 23 heavy (non-hydrogen) atoms. The molecule has 3 rings (SSSR count). The van der Waals surface area contributed by atoms with Crippen molar-refractivity contribution < 1.29 is 4.79 Å². The first kappa shape index (κ1) is 15.3. The fourth-order valence-corrected chi connectivity index (χ4v) is 2.80. The molecule has 117 valence electrons. The molecule has 2 heterocycles. The van der Waals surface area contributed by atoms with Crippen LogP contribution in [0.1, 0.15) is 12.6 Å². The Morgan fingerprint density at radius 1 is 1.26 bits per heavy atom. The van der Waals surface area contributed by atoms with Gasteiger partial charge in [-0.15, -0.1) is 0 Å². The number of rotatable bonds is 6. The van der Waals surface area contributed by atoms with Gasteiger partial charge in [-0.05, 0) is 31.2 Å². The van der Waals surface area contributed by atoms with Crippen LogP contribution < -0.4 is 10.6 Å². The topological polar surface area (TPSA) is 46.1 Å². The van der Waals surface area contributed by atoms with E-state index in [1.165, 1.54) is 10.9 Å². The summed E-state index contributed by atoms with van der Waals surface area (Å²) in [4.78, 5) is 10.4. The minimum atomic E-state index is 0.170. The average molecular weight is 306 g/mol. The second-order valence-electron chi connectivity index (χ2n) is 5.59. The largest absolute Gasteiger partial charge is 0.360 e. The number of allylic oxidation sites excluding steroid dienone is 4. The van der Waals surface area contributed by atoms with Crippen molar-refractivity contribution in [3.05, 3.63) is 66.5 Å². The van der Waals surface area contributed by atoms with Crippen LogP contribution in [-0.4, -0.2) is 23.4 Å². The zero-order chi connectivity index (χ0) is 16.1. The third kappa shape index (κ3) is 3.43. The van der Waals surface area contributed by atoms with E-state index in [1.54, 1.807) is 0 Å². The maximum Gasteiger partial charge on any atom is 0.213 e. The Morgan fingerprint density at radius 2 is 2.13 bits per heavy atom. The molecule has 1 radical (unpaired) electrons. The van der Waals surface area contributed by atoms with Crippen LogP contribution in [0.2, 0.25) is 0 Å². The second-order valence-corrected chi connectivity index (χ2v) is 5.59. The van der Waals surface area contributed by atoms with E-state index in [2.05, 4.69) is 52.5 Å². The Hall–Kier alpha value is -2.59. The minimum Gasteiger partial charge on any atom is -0.360 e. The van der Waals surface area contributed by atoms with Crippen molar-refractivity contribution >= 4 is 22.9 Å². The highest BCUT2D eigenvalue weighted by molar-refractivity contribution is 5.86. The van der Waals surface area contributed by atoms with E-state index in [0.717, 1.165) is 17.9 Å². The Labute approximate surface area is 136 Å². The highest BCUT2D eigenvalue weighted by Crippen LogP contribution is 2.25. The number of nitrogens with zero attached hydrogens (tertiary/aromatic N) is 1. The lowest BCUT2D eigenvalue weighted by Crippen LogP contribution is -2.32. The minimum absolute atomic E-state index is 0.170. The number of fused-ring (bicyclic) bond motifs is 1. The van der Waals surface area contributed by atoms with E-state index in [-0.39, 0.29) is 12.6 Å². The van der Waals surface area contributed by atoms with Gasteiger partial charge in [0.25, 0.3) is 0 Å². The van der Waals surface area contributed by atoms with E-state index < -0.39 is 0 Å². The van der Waals surface area contributed by atoms with E-state index >= 15 is 0 Å². The highest BCUT2D eigenvalue weighted by atomic mass is 16.1. The monoisotopic (exact) mass is 306 g/mol. The summed E-state index contributed by atoms with van der Waals surface area (Å²) in [7, 11) is 0. The standard InChI is InChI=1S/C19H20N3O/c1-15(20-11-12-23)14-22-18-9-5-4-7-16(18)13-19(22)17-8-3-2-6-10-21-17/h2-10,13,15,20-21H,11,14H2,1H3/t15-/m0/s1. The summed E-state index contributed by atoms with van der Waals surface area (Å²) in [6, 6.07) is 10.7. The number of para-hydroxylation sites is 1. The molecule has 4 heteroatoms. The Morgan fingerprint density at radius 3 is 3.00 bits per heavy atom. The number of aromatic nitrogens is 1. The van der Waals surface area contributed by atoms with Gasteiger partial charge in [-0.3, -0.25) is 4.79 Å². The van der Waals surface area contributed by atoms with Gasteiger partial charge in [0.15, 0.2) is 0 Å². The Bertz CT molecular complexity index is 783. The van der Waals surface area contributed by atoms with Gasteiger partial charge in [0.2, 0.25) is 6.29 Å². The molecule has 0 saturated heterocycles. The molecule has 1 aromatic carbocycles. The first-order valence-corrected chi connectivity index (χ1v) is 7.76. The lowest BCUT2D eigenvalue weighted by atomic mass is 10.2. The molecule has 4 nitrogen and oxygen atoms in total. The summed E-state index contributed by atoms with van der Waals surface area (Å²) in [6.45, 7) is 3.10. The van der Waals surface area contributed by atoms with Crippen molar-refractivity contribution in [3.63, 3.8) is 0 Å². The van der Waals surface area contributed by atoms with Crippen molar-refractivity contribution in [1.82, 2.24) is 15.2 Å². The van der Waals surface area contributed by atoms with Crippen molar-refractivity contribution in [2.75, 3.05) is 6.54 Å². The fraction of sp³-hybridized carbons (Fsp3) is 0.211. The van der Waals surface area contributed by atoms with E-state index in [4.69, 9.17) is 0 Å². The summed E-state index contributed by atoms with van der Waals surface area (Å²) in [5.41, 5.74) is 3.37. The van der Waals surface area contributed by atoms with Crippen molar-refractivity contribution in [2.24, 2.45) is 0 Å². The average Bonchev–Trinajstić information content (AvgIpc) is 2.75. The van der Waals surface area contributed by atoms with Gasteiger partial charge in [0, 0.05) is 29.7 Å². The predicted molar refractivity (Wildman–Crippen MR) is 94.5 cm³/mol. The summed E-state index contributed by atoms with van der Waals surface area (Å²) < 4.78 is 2.28. The van der Waals surface area contributed by atoms with Gasteiger partial charge in [0.1, 0.15) is 0 Å². The first-order valence-electron chi connectivity index (χ1n) is 7.76. The number of benzene rings is 1. The molecule has 0 aliphatic carbocycles. The summed E-state index contributed by atoms with van der Waals surface area (Å²) in [5.74, 6) is 0. The second kappa shape index (κ2) is 7.11. The molecule has 0 fully saturated rings. The zero-order valence-corrected chi connectivity index (χ0v) is 13.1. The van der Waals surface area contributed by atoms with Gasteiger partial charge in [-0.1, -0.05) is 30.4 Å². The molecular weight excluding hydrogens is 286 g/mol. The molecule has 1 aliphatic heterocycles. The van der Waals surface area contributed by atoms with Crippen LogP contribution in [0, 0.1) is 0 Å². The summed E-state index contributed by atoms with van der Waals surface area (Å²) in [5, 5.41) is 7.70. The van der Waals surface area contributed by atoms with Crippen molar-refractivity contribution in [2.45, 2.75) is 19.5 Å². The quantitative estimate of drug-likeness (QED) is 0.862. The van der Waals surface area contributed by atoms with E-state index in [0.29, 0.717) is 0 Å². The SMILES string of the molecule is C[C@@H](Cn1c(C2=CC=CC=CN2)cc2ccccc21)NC[C]=O. The first-order chi connectivity index (χ1) is 11.3. The van der Waals surface area contributed by atoms with Crippen LogP contribution in [0.5, 0.6) is 0 Å². The number of hydrogen-bond donors (Lipinski definition) is 2. The third-order valence-corrected chi connectivity index (χ3v) is 3.89. The Kier molecular flexibility index (Phi) is 4.74. The number of nitrogens with one attached hydrogen (secondary N) is 2. The molecule has 0 spiro atoms. The molecule has 0 unspecified atom stereocenters. The highest BCUT2D eigenvalue weighted by Gasteiger charge is 2.14. The van der Waals surface area contributed by atoms with E-state index in [1.807, 2.05) is 36.8 Å².